The lowest BCUT2D eigenvalue weighted by Gasteiger charge is -2.16. The second-order valence-corrected chi connectivity index (χ2v) is 7.54. The molecule has 2 amide bonds. The van der Waals surface area contributed by atoms with E-state index in [9.17, 15) is 9.59 Å². The van der Waals surface area contributed by atoms with Crippen LogP contribution in [-0.2, 0) is 9.59 Å². The number of ether oxygens (including phenoxy) is 1. The average molecular weight is 453 g/mol. The van der Waals surface area contributed by atoms with E-state index >= 15 is 0 Å². The molecule has 0 unspecified atom stereocenters. The number of hydrogen-bond donors (Lipinski definition) is 0. The van der Waals surface area contributed by atoms with Crippen LogP contribution in [0, 0.1) is 0 Å². The number of imide groups is 1. The van der Waals surface area contributed by atoms with E-state index in [4.69, 9.17) is 9.72 Å². The molecule has 1 heterocycles. The molecular weight excluding hydrogens is 428 g/mol. The van der Waals surface area contributed by atoms with E-state index < -0.39 is 11.8 Å². The van der Waals surface area contributed by atoms with E-state index in [0.717, 1.165) is 27.3 Å². The predicted octanol–water partition coefficient (Wildman–Crippen LogP) is 5.01. The highest BCUT2D eigenvalue weighted by molar-refractivity contribution is 6.12. The Kier molecular flexibility index (Phi) is 6.64. The van der Waals surface area contributed by atoms with Crippen LogP contribution in [0.4, 0.5) is 5.95 Å². The standard InChI is InChI=1S/C27H24N4O3/c1-19(32)30(20(2)33)27-29-25(22-10-6-4-7-11-22)26(23-12-8-5-9-13-23)31(27)28-18-21-14-16-24(34-3)17-15-21/h4-18H,1-3H3/b28-18+. The number of nitrogens with zero attached hydrogens (tertiary/aromatic N) is 4. The van der Waals surface area contributed by atoms with Gasteiger partial charge in [0.2, 0.25) is 17.8 Å². The zero-order chi connectivity index (χ0) is 24.1. The third-order valence-electron chi connectivity index (χ3n) is 5.20. The number of benzene rings is 3. The topological polar surface area (TPSA) is 76.8 Å². The summed E-state index contributed by atoms with van der Waals surface area (Å²) >= 11 is 0. The summed E-state index contributed by atoms with van der Waals surface area (Å²) < 4.78 is 6.77. The first-order chi connectivity index (χ1) is 16.5. The molecule has 0 aliphatic carbocycles. The third-order valence-corrected chi connectivity index (χ3v) is 5.20. The lowest BCUT2D eigenvalue weighted by atomic mass is 10.1. The number of aromatic nitrogens is 2. The van der Waals surface area contributed by atoms with Crippen LogP contribution in [0.1, 0.15) is 19.4 Å². The van der Waals surface area contributed by atoms with E-state index in [0.29, 0.717) is 11.4 Å². The summed E-state index contributed by atoms with van der Waals surface area (Å²) in [5.41, 5.74) is 3.78. The minimum Gasteiger partial charge on any atom is -0.497 e. The second kappa shape index (κ2) is 9.95. The smallest absolute Gasteiger partial charge is 0.241 e. The molecular formula is C27H24N4O3. The fraction of sp³-hybridized carbons (Fsp3) is 0.111. The quantitative estimate of drug-likeness (QED) is 0.386. The van der Waals surface area contributed by atoms with Crippen molar-refractivity contribution >= 4 is 24.0 Å². The maximum Gasteiger partial charge on any atom is 0.241 e. The molecule has 0 aliphatic rings. The highest BCUT2D eigenvalue weighted by Gasteiger charge is 2.28. The molecule has 0 bridgehead atoms. The fourth-order valence-electron chi connectivity index (χ4n) is 3.62. The van der Waals surface area contributed by atoms with Gasteiger partial charge in [-0.15, -0.1) is 0 Å². The molecule has 4 rings (SSSR count). The predicted molar refractivity (Wildman–Crippen MR) is 133 cm³/mol. The molecule has 0 saturated carbocycles. The lowest BCUT2D eigenvalue weighted by Crippen LogP contribution is -2.35. The van der Waals surface area contributed by atoms with Crippen molar-refractivity contribution in [3.8, 4) is 28.3 Å². The molecule has 34 heavy (non-hydrogen) atoms. The number of amides is 2. The Morgan fingerprint density at radius 2 is 1.41 bits per heavy atom. The molecule has 0 fully saturated rings. The van der Waals surface area contributed by atoms with Crippen LogP contribution in [0.3, 0.4) is 0 Å². The van der Waals surface area contributed by atoms with Crippen molar-refractivity contribution in [2.24, 2.45) is 5.10 Å². The van der Waals surface area contributed by atoms with Crippen molar-refractivity contribution in [1.82, 2.24) is 9.66 Å². The third kappa shape index (κ3) is 4.63. The summed E-state index contributed by atoms with van der Waals surface area (Å²) in [7, 11) is 1.61. The van der Waals surface area contributed by atoms with Crippen molar-refractivity contribution in [3.63, 3.8) is 0 Å². The maximum absolute atomic E-state index is 12.5. The van der Waals surface area contributed by atoms with Gasteiger partial charge in [0.05, 0.1) is 13.3 Å². The molecule has 0 aliphatic heterocycles. The van der Waals surface area contributed by atoms with E-state index in [2.05, 4.69) is 5.10 Å². The summed E-state index contributed by atoms with van der Waals surface area (Å²) in [6.45, 7) is 2.66. The molecule has 3 aromatic carbocycles. The van der Waals surface area contributed by atoms with Crippen LogP contribution < -0.4 is 9.64 Å². The van der Waals surface area contributed by atoms with Gasteiger partial charge in [-0.2, -0.15) is 9.78 Å². The van der Waals surface area contributed by atoms with Gasteiger partial charge in [-0.25, -0.2) is 9.88 Å². The molecule has 0 radical (unpaired) electrons. The first-order valence-electron chi connectivity index (χ1n) is 10.7. The summed E-state index contributed by atoms with van der Waals surface area (Å²) in [5.74, 6) is -0.0335. The van der Waals surface area contributed by atoms with Crippen molar-refractivity contribution in [2.75, 3.05) is 12.0 Å². The number of hydrogen-bond acceptors (Lipinski definition) is 5. The van der Waals surface area contributed by atoms with Crippen molar-refractivity contribution in [2.45, 2.75) is 13.8 Å². The Labute approximate surface area is 197 Å². The van der Waals surface area contributed by atoms with Gasteiger partial charge in [-0.3, -0.25) is 9.59 Å². The number of rotatable bonds is 6. The highest BCUT2D eigenvalue weighted by Crippen LogP contribution is 2.36. The first kappa shape index (κ1) is 22.7. The average Bonchev–Trinajstić information content (AvgIpc) is 3.22. The van der Waals surface area contributed by atoms with Crippen LogP contribution in [-0.4, -0.2) is 34.8 Å². The van der Waals surface area contributed by atoms with Gasteiger partial charge in [0, 0.05) is 25.0 Å². The molecule has 0 spiro atoms. The number of imidazole rings is 1. The zero-order valence-electron chi connectivity index (χ0n) is 19.2. The second-order valence-electron chi connectivity index (χ2n) is 7.54. The summed E-state index contributed by atoms with van der Waals surface area (Å²) in [5, 5.41) is 4.68. The van der Waals surface area contributed by atoms with Crippen LogP contribution in [0.2, 0.25) is 0 Å². The minimum atomic E-state index is -0.447. The van der Waals surface area contributed by atoms with Crippen LogP contribution in [0.5, 0.6) is 5.75 Å². The number of methoxy groups -OCH3 is 1. The Bertz CT molecular complexity index is 1310. The Balaban J connectivity index is 1.98. The van der Waals surface area contributed by atoms with Gasteiger partial charge in [0.15, 0.2) is 0 Å². The first-order valence-corrected chi connectivity index (χ1v) is 10.7. The summed E-state index contributed by atoms with van der Waals surface area (Å²) in [4.78, 5) is 30.7. The molecule has 0 saturated heterocycles. The van der Waals surface area contributed by atoms with Gasteiger partial charge < -0.3 is 4.74 Å². The van der Waals surface area contributed by atoms with Crippen molar-refractivity contribution in [1.29, 1.82) is 0 Å². The SMILES string of the molecule is COc1ccc(/C=N/n2c(N(C(C)=O)C(C)=O)nc(-c3ccccc3)c2-c2ccccc2)cc1. The Hall–Kier alpha value is -4.52. The molecule has 1 aromatic heterocycles. The van der Waals surface area contributed by atoms with Crippen LogP contribution >= 0.6 is 0 Å². The number of anilines is 1. The fourth-order valence-corrected chi connectivity index (χ4v) is 3.62. The summed E-state index contributed by atoms with van der Waals surface area (Å²) in [6.07, 6.45) is 1.66. The molecule has 7 nitrogen and oxygen atoms in total. The van der Waals surface area contributed by atoms with Gasteiger partial charge in [0.1, 0.15) is 17.1 Å². The van der Waals surface area contributed by atoms with Crippen LogP contribution in [0.15, 0.2) is 90.0 Å². The zero-order valence-corrected chi connectivity index (χ0v) is 19.2. The highest BCUT2D eigenvalue weighted by atomic mass is 16.5. The van der Waals surface area contributed by atoms with Crippen molar-refractivity contribution in [3.05, 3.63) is 90.5 Å². The van der Waals surface area contributed by atoms with E-state index in [-0.39, 0.29) is 5.95 Å². The number of carbonyl (C=O) groups excluding carboxylic acids is 2. The Morgan fingerprint density at radius 1 is 0.853 bits per heavy atom. The van der Waals surface area contributed by atoms with Gasteiger partial charge in [-0.1, -0.05) is 60.7 Å². The minimum absolute atomic E-state index is 0.127. The largest absolute Gasteiger partial charge is 0.497 e. The van der Waals surface area contributed by atoms with Gasteiger partial charge in [-0.05, 0) is 29.8 Å². The van der Waals surface area contributed by atoms with E-state index in [1.807, 2.05) is 84.9 Å². The normalized spacial score (nSPS) is 10.9. The monoisotopic (exact) mass is 452 g/mol. The number of carbonyl (C=O) groups is 2. The molecule has 0 atom stereocenters. The summed E-state index contributed by atoms with van der Waals surface area (Å²) in [6, 6.07) is 26.7. The molecule has 0 N–H and O–H groups in total. The Morgan fingerprint density at radius 3 is 1.94 bits per heavy atom. The van der Waals surface area contributed by atoms with E-state index in [1.54, 1.807) is 18.0 Å². The van der Waals surface area contributed by atoms with Gasteiger partial charge in [0.25, 0.3) is 0 Å². The molecule has 7 heteroatoms. The van der Waals surface area contributed by atoms with E-state index in [1.165, 1.54) is 13.8 Å². The van der Waals surface area contributed by atoms with Gasteiger partial charge >= 0.3 is 0 Å². The van der Waals surface area contributed by atoms with Crippen molar-refractivity contribution < 1.29 is 14.3 Å². The molecule has 170 valence electrons. The lowest BCUT2D eigenvalue weighted by molar-refractivity contribution is -0.124. The maximum atomic E-state index is 12.5. The van der Waals surface area contributed by atoms with Crippen LogP contribution in [0.25, 0.3) is 22.5 Å². The molecule has 4 aromatic rings.